The summed E-state index contributed by atoms with van der Waals surface area (Å²) >= 11 is 0. The lowest BCUT2D eigenvalue weighted by molar-refractivity contribution is -0.136. The molecule has 38 heavy (non-hydrogen) atoms. The van der Waals surface area contributed by atoms with Crippen LogP contribution in [-0.4, -0.2) is 72.1 Å². The van der Waals surface area contributed by atoms with Crippen molar-refractivity contribution in [1.82, 2.24) is 39.0 Å². The van der Waals surface area contributed by atoms with Crippen LogP contribution in [0.5, 0.6) is 0 Å². The van der Waals surface area contributed by atoms with E-state index in [2.05, 4.69) is 25.1 Å². The number of imidazole rings is 1. The lowest BCUT2D eigenvalue weighted by Gasteiger charge is -2.33. The van der Waals surface area contributed by atoms with Crippen molar-refractivity contribution in [2.24, 2.45) is 0 Å². The number of hydrogen-bond acceptors (Lipinski definition) is 5. The SMILES string of the molecule is CN(C)CCc1ccc2c(C(=O)N3CCc4[nH]cnc4C3c3cc4c(C(F)(F)F)cccn4n3)cnn2c1. The predicted molar refractivity (Wildman–Crippen MR) is 133 cm³/mol. The molecule has 0 saturated heterocycles. The molecule has 0 radical (unpaired) electrons. The number of rotatable bonds is 5. The Labute approximate surface area is 215 Å². The average molecular weight is 523 g/mol. The van der Waals surface area contributed by atoms with Crippen molar-refractivity contribution in [3.8, 4) is 0 Å². The molecule has 0 aromatic carbocycles. The van der Waals surface area contributed by atoms with Crippen molar-refractivity contribution in [2.45, 2.75) is 25.1 Å². The minimum atomic E-state index is -4.54. The topological polar surface area (TPSA) is 86.8 Å². The van der Waals surface area contributed by atoms with Crippen molar-refractivity contribution in [1.29, 1.82) is 0 Å². The van der Waals surface area contributed by atoms with Gasteiger partial charge in [0.15, 0.2) is 0 Å². The number of aromatic nitrogens is 6. The molecule has 5 aromatic rings. The summed E-state index contributed by atoms with van der Waals surface area (Å²) < 4.78 is 43.9. The van der Waals surface area contributed by atoms with E-state index in [1.54, 1.807) is 9.42 Å². The summed E-state index contributed by atoms with van der Waals surface area (Å²) in [5, 5.41) is 8.87. The lowest BCUT2D eigenvalue weighted by Crippen LogP contribution is -2.41. The molecule has 0 bridgehead atoms. The Hall–Kier alpha value is -4.19. The molecule has 1 N–H and O–H groups in total. The fraction of sp³-hybridized carbons (Fsp3) is 0.308. The number of fused-ring (bicyclic) bond motifs is 3. The zero-order valence-corrected chi connectivity index (χ0v) is 20.8. The first-order valence-corrected chi connectivity index (χ1v) is 12.2. The normalized spacial score (nSPS) is 16.1. The van der Waals surface area contributed by atoms with Crippen LogP contribution in [0.15, 0.2) is 55.2 Å². The van der Waals surface area contributed by atoms with Gasteiger partial charge in [0, 0.05) is 37.6 Å². The standard InChI is InChI=1S/C26H25F3N8O/c1-34(2)10-7-16-5-6-21-17(13-32-37(21)14-16)25(38)35-11-8-19-23(31-15-30-19)24(35)20-12-22-18(26(27,28)29)4-3-9-36(22)33-20/h3-6,9,12-15,24H,7-8,10-11H2,1-2H3,(H,30,31). The van der Waals surface area contributed by atoms with Crippen molar-refractivity contribution >= 4 is 16.9 Å². The summed E-state index contributed by atoms with van der Waals surface area (Å²) in [6, 6.07) is 6.83. The zero-order chi connectivity index (χ0) is 26.6. The molecule has 0 saturated carbocycles. The van der Waals surface area contributed by atoms with E-state index in [0.29, 0.717) is 35.4 Å². The van der Waals surface area contributed by atoms with E-state index in [1.807, 2.05) is 32.4 Å². The van der Waals surface area contributed by atoms with Crippen molar-refractivity contribution in [2.75, 3.05) is 27.2 Å². The fourth-order valence-corrected chi connectivity index (χ4v) is 5.05. The summed E-state index contributed by atoms with van der Waals surface area (Å²) in [5.74, 6) is -0.284. The monoisotopic (exact) mass is 522 g/mol. The van der Waals surface area contributed by atoms with Gasteiger partial charge in [-0.3, -0.25) is 4.79 Å². The van der Waals surface area contributed by atoms with Gasteiger partial charge in [-0.15, -0.1) is 0 Å². The lowest BCUT2D eigenvalue weighted by atomic mass is 9.98. The van der Waals surface area contributed by atoms with Crippen LogP contribution in [0.4, 0.5) is 13.2 Å². The third-order valence-electron chi connectivity index (χ3n) is 6.95. The number of halogens is 3. The molecular weight excluding hydrogens is 497 g/mol. The van der Waals surface area contributed by atoms with Gasteiger partial charge in [0.2, 0.25) is 0 Å². The van der Waals surface area contributed by atoms with E-state index in [-0.39, 0.29) is 11.4 Å². The number of alkyl halides is 3. The molecule has 6 rings (SSSR count). The maximum atomic E-state index is 13.9. The number of carbonyl (C=O) groups is 1. The Balaban J connectivity index is 1.40. The summed E-state index contributed by atoms with van der Waals surface area (Å²) in [6.45, 7) is 1.23. The summed E-state index contributed by atoms with van der Waals surface area (Å²) in [5.41, 5.74) is 3.01. The van der Waals surface area contributed by atoms with Crippen molar-refractivity contribution in [3.63, 3.8) is 0 Å². The molecule has 1 atom stereocenters. The molecule has 0 aliphatic carbocycles. The van der Waals surface area contributed by atoms with Crippen molar-refractivity contribution in [3.05, 3.63) is 89.0 Å². The Kier molecular flexibility index (Phi) is 5.71. The van der Waals surface area contributed by atoms with Crippen LogP contribution in [0.2, 0.25) is 0 Å². The highest BCUT2D eigenvalue weighted by Crippen LogP contribution is 2.37. The van der Waals surface area contributed by atoms with Gasteiger partial charge in [-0.25, -0.2) is 14.0 Å². The van der Waals surface area contributed by atoms with Gasteiger partial charge in [0.1, 0.15) is 6.04 Å². The number of hydrogen-bond donors (Lipinski definition) is 1. The van der Waals surface area contributed by atoms with Gasteiger partial charge in [-0.1, -0.05) is 6.07 Å². The number of nitrogens with zero attached hydrogens (tertiary/aromatic N) is 7. The Morgan fingerprint density at radius 2 is 2.03 bits per heavy atom. The van der Waals surface area contributed by atoms with E-state index < -0.39 is 17.8 Å². The quantitative estimate of drug-likeness (QED) is 0.381. The first-order valence-electron chi connectivity index (χ1n) is 12.2. The van der Waals surface area contributed by atoms with Crippen LogP contribution in [0.3, 0.4) is 0 Å². The maximum Gasteiger partial charge on any atom is 0.418 e. The molecule has 1 amide bonds. The van der Waals surface area contributed by atoms with E-state index in [1.165, 1.54) is 35.4 Å². The highest BCUT2D eigenvalue weighted by atomic mass is 19.4. The largest absolute Gasteiger partial charge is 0.418 e. The van der Waals surface area contributed by atoms with E-state index in [0.717, 1.165) is 30.3 Å². The third-order valence-corrected chi connectivity index (χ3v) is 6.95. The molecule has 1 aliphatic heterocycles. The Bertz CT molecular complexity index is 1650. The molecule has 6 heterocycles. The minimum Gasteiger partial charge on any atom is -0.348 e. The fourth-order valence-electron chi connectivity index (χ4n) is 5.05. The second-order valence-corrected chi connectivity index (χ2v) is 9.71. The molecular formula is C26H25F3N8O. The van der Waals surface area contributed by atoms with Crippen molar-refractivity contribution < 1.29 is 18.0 Å². The second-order valence-electron chi connectivity index (χ2n) is 9.71. The number of nitrogens with one attached hydrogen (secondary N) is 1. The minimum absolute atomic E-state index is 0.0775. The Morgan fingerprint density at radius 3 is 2.82 bits per heavy atom. The van der Waals surface area contributed by atoms with Crippen LogP contribution in [0.1, 0.15) is 44.6 Å². The van der Waals surface area contributed by atoms with Gasteiger partial charge in [0.25, 0.3) is 5.91 Å². The molecule has 1 aliphatic rings. The van der Waals surface area contributed by atoms with Gasteiger partial charge in [0.05, 0.1) is 46.1 Å². The first kappa shape index (κ1) is 24.2. The summed E-state index contributed by atoms with van der Waals surface area (Å²) in [6.07, 6.45) is 3.29. The molecule has 0 spiro atoms. The number of carbonyl (C=O) groups excluding carboxylic acids is 1. The maximum absolute atomic E-state index is 13.9. The number of aromatic amines is 1. The highest BCUT2D eigenvalue weighted by Gasteiger charge is 2.39. The van der Waals surface area contributed by atoms with E-state index in [4.69, 9.17) is 0 Å². The van der Waals surface area contributed by atoms with Gasteiger partial charge >= 0.3 is 6.18 Å². The molecule has 196 valence electrons. The van der Waals surface area contributed by atoms with E-state index in [9.17, 15) is 18.0 Å². The number of pyridine rings is 2. The number of amides is 1. The molecule has 1 unspecified atom stereocenters. The predicted octanol–water partition coefficient (Wildman–Crippen LogP) is 3.62. The zero-order valence-electron chi connectivity index (χ0n) is 20.8. The van der Waals surface area contributed by atoms with Crippen LogP contribution in [0, 0.1) is 0 Å². The van der Waals surface area contributed by atoms with E-state index >= 15 is 0 Å². The van der Waals surface area contributed by atoms with Gasteiger partial charge < -0.3 is 14.8 Å². The molecule has 12 heteroatoms. The Morgan fingerprint density at radius 1 is 1.18 bits per heavy atom. The number of likely N-dealkylation sites (N-methyl/N-ethyl adjacent to an activating group) is 1. The average Bonchev–Trinajstić information content (AvgIpc) is 3.62. The van der Waals surface area contributed by atoms with Gasteiger partial charge in [-0.05, 0) is 50.3 Å². The van der Waals surface area contributed by atoms with Crippen LogP contribution >= 0.6 is 0 Å². The van der Waals surface area contributed by atoms with Crippen LogP contribution < -0.4 is 0 Å². The summed E-state index contributed by atoms with van der Waals surface area (Å²) in [7, 11) is 4.02. The molecule has 9 nitrogen and oxygen atoms in total. The van der Waals surface area contributed by atoms with Crippen LogP contribution in [0.25, 0.3) is 11.0 Å². The first-order chi connectivity index (χ1) is 18.2. The number of H-pyrrole nitrogens is 1. The molecule has 5 aromatic heterocycles. The highest BCUT2D eigenvalue weighted by molar-refractivity contribution is 6.01. The summed E-state index contributed by atoms with van der Waals surface area (Å²) in [4.78, 5) is 25.2. The van der Waals surface area contributed by atoms with Crippen LogP contribution in [-0.2, 0) is 19.0 Å². The van der Waals surface area contributed by atoms with Gasteiger partial charge in [-0.2, -0.15) is 23.4 Å². The smallest absolute Gasteiger partial charge is 0.348 e. The third kappa shape index (κ3) is 4.10. The molecule has 0 fully saturated rings. The second kappa shape index (κ2) is 8.98.